The summed E-state index contributed by atoms with van der Waals surface area (Å²) in [5.41, 5.74) is 1.33. The Hall–Kier alpha value is -2.42. The second-order valence-corrected chi connectivity index (χ2v) is 5.90. The Bertz CT molecular complexity index is 734. The van der Waals surface area contributed by atoms with Crippen LogP contribution in [0.1, 0.15) is 30.8 Å². The summed E-state index contributed by atoms with van der Waals surface area (Å²) in [6.45, 7) is 6.24. The summed E-state index contributed by atoms with van der Waals surface area (Å²) in [4.78, 5) is 22.3. The van der Waals surface area contributed by atoms with Crippen LogP contribution in [-0.4, -0.2) is 36.9 Å². The molecule has 9 nitrogen and oxygen atoms in total. The molecule has 0 spiro atoms. The standard InChI is InChI=1S/C14H19ClN6O3/c1-9-7-13(21(23)24)18-20(9)11(3)14(22)16-5-4-6-19-8-12(15)10(2)17-19/h7-8,11H,4-6H2,1-3H3,(H,16,22). The molecule has 2 aromatic heterocycles. The third kappa shape index (κ3) is 4.10. The first-order valence-corrected chi connectivity index (χ1v) is 7.85. The third-order valence-corrected chi connectivity index (χ3v) is 3.96. The molecule has 1 unspecified atom stereocenters. The van der Waals surface area contributed by atoms with Crippen LogP contribution >= 0.6 is 11.6 Å². The minimum atomic E-state index is -0.625. The average molecular weight is 355 g/mol. The molecule has 130 valence electrons. The zero-order valence-electron chi connectivity index (χ0n) is 13.7. The van der Waals surface area contributed by atoms with Crippen LogP contribution < -0.4 is 5.32 Å². The largest absolute Gasteiger partial charge is 0.390 e. The van der Waals surface area contributed by atoms with Gasteiger partial charge in [-0.1, -0.05) is 11.6 Å². The highest BCUT2D eigenvalue weighted by Gasteiger charge is 2.24. The van der Waals surface area contributed by atoms with Gasteiger partial charge in [-0.25, -0.2) is 0 Å². The maximum absolute atomic E-state index is 12.2. The fourth-order valence-corrected chi connectivity index (χ4v) is 2.42. The highest BCUT2D eigenvalue weighted by atomic mass is 35.5. The van der Waals surface area contributed by atoms with Gasteiger partial charge in [0, 0.05) is 19.3 Å². The molecule has 1 atom stereocenters. The Morgan fingerprint density at radius 3 is 2.71 bits per heavy atom. The normalized spacial score (nSPS) is 12.2. The van der Waals surface area contributed by atoms with Crippen LogP contribution in [0.2, 0.25) is 5.02 Å². The minimum Gasteiger partial charge on any atom is -0.358 e. The fourth-order valence-electron chi connectivity index (χ4n) is 2.27. The van der Waals surface area contributed by atoms with E-state index in [1.807, 2.05) is 6.92 Å². The van der Waals surface area contributed by atoms with Gasteiger partial charge in [0.1, 0.15) is 6.04 Å². The van der Waals surface area contributed by atoms with E-state index in [1.165, 1.54) is 10.7 Å². The second-order valence-electron chi connectivity index (χ2n) is 5.49. The topological polar surface area (TPSA) is 108 Å². The summed E-state index contributed by atoms with van der Waals surface area (Å²) in [5, 5.41) is 22.2. The smallest absolute Gasteiger partial charge is 0.358 e. The Morgan fingerprint density at radius 1 is 1.46 bits per heavy atom. The first-order valence-electron chi connectivity index (χ1n) is 7.47. The van der Waals surface area contributed by atoms with Gasteiger partial charge in [-0.05, 0) is 32.1 Å². The Balaban J connectivity index is 1.84. The first kappa shape index (κ1) is 17.9. The zero-order valence-corrected chi connectivity index (χ0v) is 14.4. The van der Waals surface area contributed by atoms with E-state index in [-0.39, 0.29) is 11.7 Å². The Kier molecular flexibility index (Phi) is 5.55. The van der Waals surface area contributed by atoms with Crippen molar-refractivity contribution in [2.45, 2.75) is 39.8 Å². The maximum atomic E-state index is 12.2. The van der Waals surface area contributed by atoms with E-state index in [0.717, 1.165) is 5.69 Å². The molecule has 10 heteroatoms. The van der Waals surface area contributed by atoms with Crippen molar-refractivity contribution in [3.8, 4) is 0 Å². The number of hydrogen-bond donors (Lipinski definition) is 1. The van der Waals surface area contributed by atoms with Crippen molar-refractivity contribution in [3.05, 3.63) is 38.8 Å². The molecule has 1 amide bonds. The van der Waals surface area contributed by atoms with Gasteiger partial charge in [0.25, 0.3) is 0 Å². The number of nitrogens with zero attached hydrogens (tertiary/aromatic N) is 5. The predicted octanol–water partition coefficient (Wildman–Crippen LogP) is 2.03. The van der Waals surface area contributed by atoms with Crippen molar-refractivity contribution in [2.24, 2.45) is 0 Å². The van der Waals surface area contributed by atoms with Crippen LogP contribution in [0.5, 0.6) is 0 Å². The number of carbonyl (C=O) groups excluding carboxylic acids is 1. The number of aromatic nitrogens is 4. The molecule has 0 aromatic carbocycles. The monoisotopic (exact) mass is 354 g/mol. The van der Waals surface area contributed by atoms with Crippen LogP contribution in [0.4, 0.5) is 5.82 Å². The van der Waals surface area contributed by atoms with E-state index in [1.54, 1.807) is 24.7 Å². The zero-order chi connectivity index (χ0) is 17.9. The molecule has 0 bridgehead atoms. The highest BCUT2D eigenvalue weighted by molar-refractivity contribution is 6.31. The minimum absolute atomic E-state index is 0.245. The molecule has 0 aliphatic heterocycles. The summed E-state index contributed by atoms with van der Waals surface area (Å²) in [7, 11) is 0. The van der Waals surface area contributed by atoms with E-state index in [2.05, 4.69) is 15.5 Å². The van der Waals surface area contributed by atoms with Gasteiger partial charge in [-0.3, -0.25) is 9.48 Å². The van der Waals surface area contributed by atoms with Crippen molar-refractivity contribution in [2.75, 3.05) is 6.54 Å². The number of hydrogen-bond acceptors (Lipinski definition) is 5. The molecule has 2 aromatic rings. The van der Waals surface area contributed by atoms with Gasteiger partial charge in [-0.15, -0.1) is 0 Å². The molecular weight excluding hydrogens is 336 g/mol. The van der Waals surface area contributed by atoms with Crippen molar-refractivity contribution < 1.29 is 9.72 Å². The summed E-state index contributed by atoms with van der Waals surface area (Å²) < 4.78 is 3.08. The molecule has 1 N–H and O–H groups in total. The lowest BCUT2D eigenvalue weighted by molar-refractivity contribution is -0.389. The van der Waals surface area contributed by atoms with E-state index in [4.69, 9.17) is 11.6 Å². The highest BCUT2D eigenvalue weighted by Crippen LogP contribution is 2.16. The summed E-state index contributed by atoms with van der Waals surface area (Å²) in [6.07, 6.45) is 2.43. The van der Waals surface area contributed by atoms with Crippen molar-refractivity contribution in [1.82, 2.24) is 24.9 Å². The summed E-state index contributed by atoms with van der Waals surface area (Å²) >= 11 is 5.93. The molecule has 0 saturated heterocycles. The molecule has 0 radical (unpaired) electrons. The van der Waals surface area contributed by atoms with Crippen molar-refractivity contribution in [1.29, 1.82) is 0 Å². The van der Waals surface area contributed by atoms with Gasteiger partial charge in [-0.2, -0.15) is 9.78 Å². The quantitative estimate of drug-likeness (QED) is 0.465. The molecule has 0 fully saturated rings. The van der Waals surface area contributed by atoms with Crippen LogP contribution in [0, 0.1) is 24.0 Å². The number of amides is 1. The van der Waals surface area contributed by atoms with Gasteiger partial charge < -0.3 is 15.4 Å². The summed E-state index contributed by atoms with van der Waals surface area (Å²) in [5.74, 6) is -0.510. The number of nitro groups is 1. The molecule has 2 heterocycles. The van der Waals surface area contributed by atoms with Crippen LogP contribution in [-0.2, 0) is 11.3 Å². The van der Waals surface area contributed by atoms with Gasteiger partial charge >= 0.3 is 5.82 Å². The Labute approximate surface area is 143 Å². The van der Waals surface area contributed by atoms with E-state index < -0.39 is 11.0 Å². The lowest BCUT2D eigenvalue weighted by Crippen LogP contribution is -2.33. The van der Waals surface area contributed by atoms with Crippen molar-refractivity contribution >= 4 is 23.3 Å². The lowest BCUT2D eigenvalue weighted by Gasteiger charge is -2.11. The lowest BCUT2D eigenvalue weighted by atomic mass is 10.3. The van der Waals surface area contributed by atoms with Gasteiger partial charge in [0.05, 0.1) is 27.6 Å². The van der Waals surface area contributed by atoms with Crippen molar-refractivity contribution in [3.63, 3.8) is 0 Å². The molecule has 2 rings (SSSR count). The number of nitrogens with one attached hydrogen (secondary N) is 1. The number of aryl methyl sites for hydroxylation is 3. The van der Waals surface area contributed by atoms with Gasteiger partial charge in [0.15, 0.2) is 0 Å². The second kappa shape index (κ2) is 7.43. The number of rotatable bonds is 7. The number of halogens is 1. The van der Waals surface area contributed by atoms with E-state index >= 15 is 0 Å². The first-order chi connectivity index (χ1) is 11.3. The SMILES string of the molecule is Cc1nn(CCCNC(=O)C(C)n2nc([N+](=O)[O-])cc2C)cc1Cl. The summed E-state index contributed by atoms with van der Waals surface area (Å²) in [6, 6.07) is 0.716. The Morgan fingerprint density at radius 2 is 2.17 bits per heavy atom. The van der Waals surface area contributed by atoms with Crippen LogP contribution in [0.3, 0.4) is 0 Å². The molecule has 24 heavy (non-hydrogen) atoms. The predicted molar refractivity (Wildman–Crippen MR) is 87.9 cm³/mol. The average Bonchev–Trinajstić information content (AvgIpc) is 3.06. The van der Waals surface area contributed by atoms with E-state index in [9.17, 15) is 14.9 Å². The molecule has 0 aliphatic carbocycles. The molecule has 0 aliphatic rings. The third-order valence-electron chi connectivity index (χ3n) is 3.59. The molecular formula is C14H19ClN6O3. The van der Waals surface area contributed by atoms with Crippen LogP contribution in [0.15, 0.2) is 12.3 Å². The fraction of sp³-hybridized carbons (Fsp3) is 0.500. The number of carbonyl (C=O) groups is 1. The molecule has 0 saturated carbocycles. The van der Waals surface area contributed by atoms with Crippen LogP contribution in [0.25, 0.3) is 0 Å². The maximum Gasteiger partial charge on any atom is 0.390 e. The van der Waals surface area contributed by atoms with E-state index in [0.29, 0.717) is 30.2 Å². The van der Waals surface area contributed by atoms with Gasteiger partial charge in [0.2, 0.25) is 5.91 Å².